The molecule has 4 N–H and O–H groups in total. The summed E-state index contributed by atoms with van der Waals surface area (Å²) in [5.41, 5.74) is 7.16. The van der Waals surface area contributed by atoms with Crippen molar-refractivity contribution in [1.29, 1.82) is 0 Å². The minimum absolute atomic E-state index is 0.0807. The van der Waals surface area contributed by atoms with Crippen molar-refractivity contribution in [3.8, 4) is 0 Å². The van der Waals surface area contributed by atoms with Gasteiger partial charge in [-0.05, 0) is 22.1 Å². The highest BCUT2D eigenvalue weighted by molar-refractivity contribution is 5.97. The summed E-state index contributed by atoms with van der Waals surface area (Å²) in [7, 11) is 1.75. The lowest BCUT2D eigenvalue weighted by molar-refractivity contribution is 0.318. The SMILES string of the molecule is Cn1nnnc1NCc1cccc(C(N)=NO)c1. The molecule has 0 aliphatic rings. The Morgan fingerprint density at radius 1 is 1.56 bits per heavy atom. The number of rotatable bonds is 4. The van der Waals surface area contributed by atoms with E-state index >= 15 is 0 Å². The van der Waals surface area contributed by atoms with Gasteiger partial charge in [-0.3, -0.25) is 0 Å². The molecule has 1 aromatic heterocycles. The quantitative estimate of drug-likeness (QED) is 0.301. The van der Waals surface area contributed by atoms with E-state index < -0.39 is 0 Å². The van der Waals surface area contributed by atoms with E-state index in [-0.39, 0.29) is 5.84 Å². The van der Waals surface area contributed by atoms with Crippen molar-refractivity contribution in [2.75, 3.05) is 5.32 Å². The second-order valence-corrected chi connectivity index (χ2v) is 3.67. The zero-order valence-electron chi connectivity index (χ0n) is 9.78. The van der Waals surface area contributed by atoms with Crippen molar-refractivity contribution in [3.05, 3.63) is 35.4 Å². The van der Waals surface area contributed by atoms with E-state index in [2.05, 4.69) is 26.0 Å². The number of amidine groups is 1. The lowest BCUT2D eigenvalue weighted by Gasteiger charge is -2.06. The second-order valence-electron chi connectivity index (χ2n) is 3.67. The van der Waals surface area contributed by atoms with Crippen molar-refractivity contribution in [2.24, 2.45) is 17.9 Å². The molecule has 0 saturated heterocycles. The number of nitrogens with zero attached hydrogens (tertiary/aromatic N) is 5. The van der Waals surface area contributed by atoms with E-state index in [1.807, 2.05) is 18.2 Å². The van der Waals surface area contributed by atoms with Crippen LogP contribution < -0.4 is 11.1 Å². The molecule has 18 heavy (non-hydrogen) atoms. The Morgan fingerprint density at radius 2 is 2.39 bits per heavy atom. The van der Waals surface area contributed by atoms with Gasteiger partial charge in [-0.1, -0.05) is 28.5 Å². The van der Waals surface area contributed by atoms with Crippen LogP contribution >= 0.6 is 0 Å². The van der Waals surface area contributed by atoms with E-state index in [9.17, 15) is 0 Å². The van der Waals surface area contributed by atoms with Gasteiger partial charge in [-0.25, -0.2) is 4.68 Å². The number of nitrogens with two attached hydrogens (primary N) is 1. The molecule has 0 fully saturated rings. The van der Waals surface area contributed by atoms with E-state index in [1.165, 1.54) is 4.68 Å². The van der Waals surface area contributed by atoms with Crippen molar-refractivity contribution in [3.63, 3.8) is 0 Å². The van der Waals surface area contributed by atoms with Crippen molar-refractivity contribution >= 4 is 11.8 Å². The van der Waals surface area contributed by atoms with Gasteiger partial charge in [-0.15, -0.1) is 0 Å². The average Bonchev–Trinajstić information content (AvgIpc) is 2.81. The lowest BCUT2D eigenvalue weighted by Crippen LogP contribution is -2.13. The Kier molecular flexibility index (Phi) is 3.37. The maximum absolute atomic E-state index is 8.61. The van der Waals surface area contributed by atoms with E-state index in [0.717, 1.165) is 5.56 Å². The molecule has 8 nitrogen and oxygen atoms in total. The number of anilines is 1. The minimum Gasteiger partial charge on any atom is -0.409 e. The summed E-state index contributed by atoms with van der Waals surface area (Å²) >= 11 is 0. The van der Waals surface area contributed by atoms with Crippen LogP contribution in [0.15, 0.2) is 29.4 Å². The Balaban J connectivity index is 2.08. The number of tetrazole rings is 1. The highest BCUT2D eigenvalue weighted by Crippen LogP contribution is 2.07. The molecule has 8 heteroatoms. The van der Waals surface area contributed by atoms with Gasteiger partial charge >= 0.3 is 0 Å². The summed E-state index contributed by atoms with van der Waals surface area (Å²) in [6, 6.07) is 7.35. The van der Waals surface area contributed by atoms with Crippen LogP contribution in [0, 0.1) is 0 Å². The Bertz CT molecular complexity index is 563. The molecule has 2 aromatic rings. The monoisotopic (exact) mass is 247 g/mol. The molecular formula is C10H13N7O. The van der Waals surface area contributed by atoms with Gasteiger partial charge in [0.2, 0.25) is 5.95 Å². The molecular weight excluding hydrogens is 234 g/mol. The third-order valence-corrected chi connectivity index (χ3v) is 2.40. The third-order valence-electron chi connectivity index (χ3n) is 2.40. The molecule has 2 rings (SSSR count). The summed E-state index contributed by atoms with van der Waals surface area (Å²) in [5, 5.41) is 25.7. The number of nitrogens with one attached hydrogen (secondary N) is 1. The maximum Gasteiger partial charge on any atom is 0.242 e. The second kappa shape index (κ2) is 5.13. The largest absolute Gasteiger partial charge is 0.409 e. The number of aromatic nitrogens is 4. The van der Waals surface area contributed by atoms with Crippen LogP contribution in [-0.4, -0.2) is 31.3 Å². The summed E-state index contributed by atoms with van der Waals surface area (Å²) in [6.07, 6.45) is 0. The fraction of sp³-hybridized carbons (Fsp3) is 0.200. The zero-order chi connectivity index (χ0) is 13.0. The summed E-state index contributed by atoms with van der Waals surface area (Å²) in [6.45, 7) is 0.542. The van der Waals surface area contributed by atoms with Gasteiger partial charge in [-0.2, -0.15) is 0 Å². The number of oxime groups is 1. The van der Waals surface area contributed by atoms with Crippen molar-refractivity contribution in [1.82, 2.24) is 20.2 Å². The Hall–Kier alpha value is -2.64. The zero-order valence-corrected chi connectivity index (χ0v) is 9.78. The molecule has 0 amide bonds. The molecule has 0 unspecified atom stereocenters. The molecule has 0 aliphatic heterocycles. The first-order chi connectivity index (χ1) is 8.70. The van der Waals surface area contributed by atoms with Gasteiger partial charge < -0.3 is 16.3 Å². The first-order valence-electron chi connectivity index (χ1n) is 5.24. The normalized spacial score (nSPS) is 11.5. The predicted octanol–water partition coefficient (Wildman–Crippen LogP) is -0.0833. The van der Waals surface area contributed by atoms with E-state index in [1.54, 1.807) is 13.1 Å². The molecule has 0 bridgehead atoms. The third kappa shape index (κ3) is 2.54. The fourth-order valence-electron chi connectivity index (χ4n) is 1.46. The summed E-state index contributed by atoms with van der Waals surface area (Å²) in [5.74, 6) is 0.654. The number of hydrogen-bond acceptors (Lipinski definition) is 6. The van der Waals surface area contributed by atoms with Gasteiger partial charge in [0.05, 0.1) is 0 Å². The van der Waals surface area contributed by atoms with Gasteiger partial charge in [0, 0.05) is 19.2 Å². The molecule has 94 valence electrons. The van der Waals surface area contributed by atoms with E-state index in [4.69, 9.17) is 10.9 Å². The average molecular weight is 247 g/mol. The highest BCUT2D eigenvalue weighted by atomic mass is 16.4. The van der Waals surface area contributed by atoms with Gasteiger partial charge in [0.1, 0.15) is 0 Å². The molecule has 0 aliphatic carbocycles. The Morgan fingerprint density at radius 3 is 3.06 bits per heavy atom. The number of aryl methyl sites for hydroxylation is 1. The van der Waals surface area contributed by atoms with Gasteiger partial charge in [0.25, 0.3) is 0 Å². The predicted molar refractivity (Wildman–Crippen MR) is 65.1 cm³/mol. The van der Waals surface area contributed by atoms with Crippen molar-refractivity contribution in [2.45, 2.75) is 6.54 Å². The molecule has 0 saturated carbocycles. The van der Waals surface area contributed by atoms with Crippen LogP contribution in [0.25, 0.3) is 0 Å². The number of benzene rings is 1. The summed E-state index contributed by atoms with van der Waals surface area (Å²) < 4.78 is 1.54. The van der Waals surface area contributed by atoms with Crippen LogP contribution in [0.3, 0.4) is 0 Å². The van der Waals surface area contributed by atoms with Crippen LogP contribution in [0.4, 0.5) is 5.95 Å². The topological polar surface area (TPSA) is 114 Å². The highest BCUT2D eigenvalue weighted by Gasteiger charge is 2.03. The van der Waals surface area contributed by atoms with Crippen LogP contribution in [0.1, 0.15) is 11.1 Å². The molecule has 0 atom stereocenters. The summed E-state index contributed by atoms with van der Waals surface area (Å²) in [4.78, 5) is 0. The van der Waals surface area contributed by atoms with Gasteiger partial charge in [0.15, 0.2) is 5.84 Å². The van der Waals surface area contributed by atoms with Crippen LogP contribution in [0.2, 0.25) is 0 Å². The first-order valence-corrected chi connectivity index (χ1v) is 5.24. The van der Waals surface area contributed by atoms with Crippen LogP contribution in [-0.2, 0) is 13.6 Å². The van der Waals surface area contributed by atoms with Crippen molar-refractivity contribution < 1.29 is 5.21 Å². The molecule has 0 spiro atoms. The molecule has 1 aromatic carbocycles. The molecule has 1 heterocycles. The maximum atomic E-state index is 8.61. The number of hydrogen-bond donors (Lipinski definition) is 3. The van der Waals surface area contributed by atoms with E-state index in [0.29, 0.717) is 18.1 Å². The first kappa shape index (κ1) is 11.8. The smallest absolute Gasteiger partial charge is 0.242 e. The standard InChI is InChI=1S/C10H13N7O/c1-17-10(13-15-16-17)12-6-7-3-2-4-8(5-7)9(11)14-18/h2-5,18H,6H2,1H3,(H2,11,14)(H,12,13,16). The van der Waals surface area contributed by atoms with Crippen LogP contribution in [0.5, 0.6) is 0 Å². The lowest BCUT2D eigenvalue weighted by atomic mass is 10.1. The molecule has 0 radical (unpaired) electrons. The fourth-order valence-corrected chi connectivity index (χ4v) is 1.46. The Labute approximate surface area is 103 Å². The minimum atomic E-state index is 0.0807.